The molecule has 0 aliphatic carbocycles. The summed E-state index contributed by atoms with van der Waals surface area (Å²) in [5, 5.41) is 3.85. The van der Waals surface area contributed by atoms with Gasteiger partial charge >= 0.3 is 6.18 Å². The number of rotatable bonds is 7. The number of hydrogen-bond acceptors (Lipinski definition) is 6. The second-order valence-electron chi connectivity index (χ2n) is 6.97. The van der Waals surface area contributed by atoms with Crippen LogP contribution in [-0.2, 0) is 22.6 Å². The number of hydrogen-bond donors (Lipinski definition) is 0. The third kappa shape index (κ3) is 5.11. The number of alkyl halides is 3. The maximum atomic E-state index is 12.7. The van der Waals surface area contributed by atoms with Crippen molar-refractivity contribution in [2.75, 3.05) is 18.1 Å². The molecule has 0 radical (unpaired) electrons. The summed E-state index contributed by atoms with van der Waals surface area (Å²) >= 11 is 0. The van der Waals surface area contributed by atoms with Gasteiger partial charge in [0.05, 0.1) is 23.6 Å². The number of aromatic nitrogens is 2. The molecule has 1 aliphatic rings. The lowest BCUT2D eigenvalue weighted by Crippen LogP contribution is -2.36. The predicted molar refractivity (Wildman–Crippen MR) is 97.1 cm³/mol. The van der Waals surface area contributed by atoms with Gasteiger partial charge < -0.3 is 4.52 Å². The van der Waals surface area contributed by atoms with Gasteiger partial charge in [0.25, 0.3) is 0 Å². The molecule has 1 fully saturated rings. The van der Waals surface area contributed by atoms with Gasteiger partial charge in [0.2, 0.25) is 11.7 Å². The fraction of sp³-hybridized carbons (Fsp3) is 0.556. The summed E-state index contributed by atoms with van der Waals surface area (Å²) < 4.78 is 66.9. The van der Waals surface area contributed by atoms with Crippen LogP contribution in [-0.4, -0.2) is 47.6 Å². The van der Waals surface area contributed by atoms with Crippen LogP contribution in [0.1, 0.15) is 37.6 Å². The number of sulfone groups is 1. The molecular weight excluding hydrogens is 395 g/mol. The number of unbranched alkanes of at least 4 members (excludes halogenated alkanes) is 1. The predicted octanol–water partition coefficient (Wildman–Crippen LogP) is 3.54. The Balaban J connectivity index is 1.72. The van der Waals surface area contributed by atoms with Crippen LogP contribution in [0.5, 0.6) is 0 Å². The molecule has 28 heavy (non-hydrogen) atoms. The number of nitrogens with zero attached hydrogens (tertiary/aromatic N) is 3. The van der Waals surface area contributed by atoms with Gasteiger partial charge in [0.15, 0.2) is 9.84 Å². The molecule has 3 rings (SSSR count). The Labute approximate surface area is 161 Å². The Morgan fingerprint density at radius 2 is 1.96 bits per heavy atom. The van der Waals surface area contributed by atoms with Gasteiger partial charge in [-0.1, -0.05) is 30.6 Å². The smallest absolute Gasteiger partial charge is 0.338 e. The van der Waals surface area contributed by atoms with Crippen LogP contribution in [0.25, 0.3) is 11.4 Å². The van der Waals surface area contributed by atoms with Gasteiger partial charge in [-0.05, 0) is 31.5 Å². The highest BCUT2D eigenvalue weighted by Gasteiger charge is 2.33. The van der Waals surface area contributed by atoms with Crippen LogP contribution in [0.2, 0.25) is 0 Å². The highest BCUT2D eigenvalue weighted by atomic mass is 32.2. The van der Waals surface area contributed by atoms with E-state index >= 15 is 0 Å². The molecule has 6 nitrogen and oxygen atoms in total. The molecule has 1 aromatic carbocycles. The molecule has 0 N–H and O–H groups in total. The quantitative estimate of drug-likeness (QED) is 0.686. The van der Waals surface area contributed by atoms with Crippen molar-refractivity contribution < 1.29 is 26.1 Å². The summed E-state index contributed by atoms with van der Waals surface area (Å²) in [5.74, 6) is 0.825. The monoisotopic (exact) mass is 417 g/mol. The molecule has 0 amide bonds. The van der Waals surface area contributed by atoms with E-state index in [9.17, 15) is 21.6 Å². The van der Waals surface area contributed by atoms with Gasteiger partial charge in [-0.3, -0.25) is 4.90 Å². The maximum absolute atomic E-state index is 12.7. The summed E-state index contributed by atoms with van der Waals surface area (Å²) in [6.07, 6.45) is -1.94. The third-order valence-electron chi connectivity index (χ3n) is 4.80. The second-order valence-corrected chi connectivity index (χ2v) is 9.20. The fourth-order valence-corrected chi connectivity index (χ4v) is 5.00. The Morgan fingerprint density at radius 1 is 1.25 bits per heavy atom. The summed E-state index contributed by atoms with van der Waals surface area (Å²) in [6.45, 7) is 3.08. The van der Waals surface area contributed by atoms with Crippen molar-refractivity contribution in [3.63, 3.8) is 0 Å². The zero-order valence-electron chi connectivity index (χ0n) is 15.4. The summed E-state index contributed by atoms with van der Waals surface area (Å²) in [5.41, 5.74) is -0.320. The second kappa shape index (κ2) is 8.20. The normalized spacial score (nSPS) is 19.4. The van der Waals surface area contributed by atoms with Crippen LogP contribution >= 0.6 is 0 Å². The minimum Gasteiger partial charge on any atom is -0.338 e. The van der Waals surface area contributed by atoms with Crippen molar-refractivity contribution in [2.24, 2.45) is 0 Å². The summed E-state index contributed by atoms with van der Waals surface area (Å²) in [6, 6.07) is 4.47. The molecule has 1 atom stereocenters. The first-order valence-electron chi connectivity index (χ1n) is 9.12. The SMILES string of the molecule is CCCCN(Cc1nc(-c2ccc(C(F)(F)F)cc2)no1)C1CCS(=O)(=O)C1. The first-order chi connectivity index (χ1) is 13.2. The van der Waals surface area contributed by atoms with Crippen LogP contribution < -0.4 is 0 Å². The molecule has 2 aromatic rings. The largest absolute Gasteiger partial charge is 0.416 e. The fourth-order valence-electron chi connectivity index (χ4n) is 3.23. The van der Waals surface area contributed by atoms with E-state index in [1.54, 1.807) is 0 Å². The lowest BCUT2D eigenvalue weighted by molar-refractivity contribution is -0.137. The topological polar surface area (TPSA) is 76.3 Å². The molecule has 1 saturated heterocycles. The van der Waals surface area contributed by atoms with Crippen LogP contribution in [0.3, 0.4) is 0 Å². The maximum Gasteiger partial charge on any atom is 0.416 e. The number of halogens is 3. The molecule has 0 bridgehead atoms. The van der Waals surface area contributed by atoms with E-state index in [0.29, 0.717) is 31.0 Å². The van der Waals surface area contributed by atoms with Gasteiger partial charge in [0.1, 0.15) is 0 Å². The van der Waals surface area contributed by atoms with E-state index in [-0.39, 0.29) is 23.4 Å². The van der Waals surface area contributed by atoms with Crippen LogP contribution in [0.4, 0.5) is 13.2 Å². The molecule has 1 unspecified atom stereocenters. The van der Waals surface area contributed by atoms with Crippen molar-refractivity contribution >= 4 is 9.84 Å². The molecule has 2 heterocycles. The molecule has 10 heteroatoms. The van der Waals surface area contributed by atoms with Gasteiger partial charge in [-0.15, -0.1) is 0 Å². The Kier molecular flexibility index (Phi) is 6.09. The highest BCUT2D eigenvalue weighted by Crippen LogP contribution is 2.30. The average Bonchev–Trinajstić information content (AvgIpc) is 3.24. The van der Waals surface area contributed by atoms with E-state index in [4.69, 9.17) is 4.52 Å². The molecule has 1 aliphatic heterocycles. The lowest BCUT2D eigenvalue weighted by atomic mass is 10.1. The summed E-state index contributed by atoms with van der Waals surface area (Å²) in [7, 11) is -3.01. The van der Waals surface area contributed by atoms with Crippen molar-refractivity contribution in [2.45, 2.75) is 44.9 Å². The Hall–Kier alpha value is -1.94. The highest BCUT2D eigenvalue weighted by molar-refractivity contribution is 7.91. The van der Waals surface area contributed by atoms with E-state index < -0.39 is 21.6 Å². The van der Waals surface area contributed by atoms with Crippen molar-refractivity contribution in [3.05, 3.63) is 35.7 Å². The van der Waals surface area contributed by atoms with E-state index in [1.165, 1.54) is 12.1 Å². The van der Waals surface area contributed by atoms with Gasteiger partial charge in [-0.25, -0.2) is 8.42 Å². The van der Waals surface area contributed by atoms with E-state index in [2.05, 4.69) is 17.1 Å². The minimum atomic E-state index is -4.40. The van der Waals surface area contributed by atoms with E-state index in [1.807, 2.05) is 4.90 Å². The standard InChI is InChI=1S/C18H22F3N3O3S/c1-2-3-9-24(15-8-10-28(25,26)12-15)11-16-22-17(23-27-16)13-4-6-14(7-5-13)18(19,20)21/h4-7,15H,2-3,8-12H2,1H3. The zero-order chi connectivity index (χ0) is 20.4. The minimum absolute atomic E-state index is 0.0852. The first kappa shape index (κ1) is 20.8. The van der Waals surface area contributed by atoms with E-state index in [0.717, 1.165) is 25.0 Å². The molecule has 154 valence electrons. The molecule has 1 aromatic heterocycles. The van der Waals surface area contributed by atoms with Gasteiger partial charge in [0, 0.05) is 11.6 Å². The molecular formula is C18H22F3N3O3S. The average molecular weight is 417 g/mol. The third-order valence-corrected chi connectivity index (χ3v) is 6.55. The first-order valence-corrected chi connectivity index (χ1v) is 10.9. The Morgan fingerprint density at radius 3 is 2.54 bits per heavy atom. The molecule has 0 spiro atoms. The molecule has 0 saturated carbocycles. The lowest BCUT2D eigenvalue weighted by Gasteiger charge is -2.26. The number of benzene rings is 1. The van der Waals surface area contributed by atoms with Gasteiger partial charge in [-0.2, -0.15) is 18.2 Å². The zero-order valence-corrected chi connectivity index (χ0v) is 16.3. The Bertz CT molecular complexity index is 895. The summed E-state index contributed by atoms with van der Waals surface area (Å²) in [4.78, 5) is 6.32. The van der Waals surface area contributed by atoms with Crippen molar-refractivity contribution in [3.8, 4) is 11.4 Å². The van der Waals surface area contributed by atoms with Crippen molar-refractivity contribution in [1.82, 2.24) is 15.0 Å². The van der Waals surface area contributed by atoms with Crippen molar-refractivity contribution in [1.29, 1.82) is 0 Å². The van der Waals surface area contributed by atoms with Crippen LogP contribution in [0, 0.1) is 0 Å². The van der Waals surface area contributed by atoms with Crippen LogP contribution in [0.15, 0.2) is 28.8 Å².